The molecule has 1 fully saturated rings. The van der Waals surface area contributed by atoms with E-state index in [9.17, 15) is 9.00 Å². The lowest BCUT2D eigenvalue weighted by molar-refractivity contribution is -0.154. The Morgan fingerprint density at radius 2 is 1.87 bits per heavy atom. The van der Waals surface area contributed by atoms with Crippen molar-refractivity contribution in [2.75, 3.05) is 25.1 Å². The van der Waals surface area contributed by atoms with E-state index in [2.05, 4.69) is 14.8 Å². The fourth-order valence-corrected chi connectivity index (χ4v) is 6.01. The Morgan fingerprint density at radius 1 is 1.16 bits per heavy atom. The number of hydrogen-bond donors (Lipinski definition) is 2. The molecule has 4 heterocycles. The van der Waals surface area contributed by atoms with Crippen LogP contribution in [0.5, 0.6) is 5.88 Å². The molecule has 3 N–H and O–H groups in total. The summed E-state index contributed by atoms with van der Waals surface area (Å²) in [6, 6.07) is -0.721. The van der Waals surface area contributed by atoms with Crippen molar-refractivity contribution in [1.29, 1.82) is 0 Å². The van der Waals surface area contributed by atoms with E-state index in [1.165, 1.54) is 6.20 Å². The van der Waals surface area contributed by atoms with Gasteiger partial charge in [-0.1, -0.05) is 0 Å². The third-order valence-electron chi connectivity index (χ3n) is 6.59. The molecule has 0 bridgehead atoms. The van der Waals surface area contributed by atoms with Gasteiger partial charge in [-0.05, 0) is 49.7 Å². The Kier molecular flexibility index (Phi) is 4.18. The van der Waals surface area contributed by atoms with Crippen molar-refractivity contribution in [1.82, 2.24) is 14.8 Å². The number of amides is 2. The third kappa shape index (κ3) is 3.06. The number of nitrogens with zero attached hydrogens (tertiary/aromatic N) is 4. The molecule has 1 saturated heterocycles. The van der Waals surface area contributed by atoms with E-state index in [1.807, 2.05) is 0 Å². The van der Waals surface area contributed by atoms with Gasteiger partial charge in [0.2, 0.25) is 5.88 Å². The van der Waals surface area contributed by atoms with Gasteiger partial charge >= 0.3 is 6.03 Å². The molecule has 0 aromatic carbocycles. The standard InChI is InChI=1S/C20H24N6O4S/c21-31(28,16-7-22-26-8-20(9-29-10-20)11-30-18(16)26)25-19(27)24-17-12-3-1-5-14(12)23-15-6-2-4-13(15)17/h7H,1-6,8-11H2,(H3,21,23,24,25,27,28). The number of carbonyl (C=O) groups excluding carboxylic acids is 1. The number of nitrogens with one attached hydrogen (secondary N) is 1. The first-order chi connectivity index (χ1) is 14.9. The molecule has 4 aliphatic rings. The number of ether oxygens (including phenoxy) is 2. The third-order valence-corrected chi connectivity index (χ3v) is 7.94. The summed E-state index contributed by atoms with van der Waals surface area (Å²) in [7, 11) is -3.52. The van der Waals surface area contributed by atoms with Gasteiger partial charge in [-0.3, -0.25) is 4.98 Å². The molecule has 0 radical (unpaired) electrons. The van der Waals surface area contributed by atoms with Crippen LogP contribution in [0, 0.1) is 5.41 Å². The minimum atomic E-state index is -3.52. The summed E-state index contributed by atoms with van der Waals surface area (Å²) < 4.78 is 29.8. The zero-order valence-electron chi connectivity index (χ0n) is 17.1. The molecule has 2 aromatic rings. The summed E-state index contributed by atoms with van der Waals surface area (Å²) >= 11 is 0. The van der Waals surface area contributed by atoms with E-state index >= 15 is 0 Å². The quantitative estimate of drug-likeness (QED) is 0.723. The normalized spacial score (nSPS) is 22.0. The van der Waals surface area contributed by atoms with Crippen molar-refractivity contribution >= 4 is 21.6 Å². The van der Waals surface area contributed by atoms with Crippen LogP contribution in [0.3, 0.4) is 0 Å². The van der Waals surface area contributed by atoms with Gasteiger partial charge in [0, 0.05) is 11.4 Å². The summed E-state index contributed by atoms with van der Waals surface area (Å²) in [6.45, 7) is 2.24. The summed E-state index contributed by atoms with van der Waals surface area (Å²) in [5.74, 6) is 0.312. The van der Waals surface area contributed by atoms with Crippen LogP contribution in [-0.4, -0.2) is 44.8 Å². The fourth-order valence-electron chi connectivity index (χ4n) is 5.00. The van der Waals surface area contributed by atoms with Crippen LogP contribution in [0.4, 0.5) is 10.5 Å². The average molecular weight is 445 g/mol. The van der Waals surface area contributed by atoms with Crippen molar-refractivity contribution in [3.05, 3.63) is 28.7 Å². The molecular formula is C20H24N6O4S. The van der Waals surface area contributed by atoms with E-state index in [-0.39, 0.29) is 10.3 Å². The van der Waals surface area contributed by atoms with Gasteiger partial charge in [0.25, 0.3) is 0 Å². The number of urea groups is 1. The number of aromatic nitrogens is 3. The summed E-state index contributed by atoms with van der Waals surface area (Å²) in [5.41, 5.74) is 4.95. The highest BCUT2D eigenvalue weighted by Gasteiger charge is 2.44. The molecule has 1 unspecified atom stereocenters. The van der Waals surface area contributed by atoms with Crippen LogP contribution in [0.2, 0.25) is 0 Å². The lowest BCUT2D eigenvalue weighted by atomic mass is 9.86. The smallest absolute Gasteiger partial charge is 0.354 e. The molecule has 6 rings (SSSR count). The van der Waals surface area contributed by atoms with Gasteiger partial charge in [-0.25, -0.2) is 18.8 Å². The van der Waals surface area contributed by atoms with Crippen LogP contribution >= 0.6 is 0 Å². The topological polar surface area (TPSA) is 134 Å². The van der Waals surface area contributed by atoms with Crippen LogP contribution < -0.4 is 15.2 Å². The highest BCUT2D eigenvalue weighted by Crippen LogP contribution is 2.39. The van der Waals surface area contributed by atoms with Crippen LogP contribution in [0.15, 0.2) is 15.5 Å². The highest BCUT2D eigenvalue weighted by molar-refractivity contribution is 7.91. The predicted molar refractivity (Wildman–Crippen MR) is 111 cm³/mol. The van der Waals surface area contributed by atoms with Crippen LogP contribution in [-0.2, 0) is 46.9 Å². The minimum Gasteiger partial charge on any atom is -0.476 e. The lowest BCUT2D eigenvalue weighted by Crippen LogP contribution is -2.52. The number of nitrogens with two attached hydrogens (primary N) is 1. The number of hydrogen-bond acceptors (Lipinski definition) is 6. The summed E-state index contributed by atoms with van der Waals surface area (Å²) in [6.07, 6.45) is 7.01. The molecule has 10 nitrogen and oxygen atoms in total. The average Bonchev–Trinajstić information content (AvgIpc) is 3.44. The van der Waals surface area contributed by atoms with E-state index < -0.39 is 15.9 Å². The van der Waals surface area contributed by atoms with Crippen LogP contribution in [0.25, 0.3) is 0 Å². The van der Waals surface area contributed by atoms with E-state index in [0.717, 1.165) is 66.7 Å². The van der Waals surface area contributed by atoms with Crippen LogP contribution in [0.1, 0.15) is 35.4 Å². The first-order valence-electron chi connectivity index (χ1n) is 10.6. The van der Waals surface area contributed by atoms with Gasteiger partial charge in [0.05, 0.1) is 37.1 Å². The zero-order valence-corrected chi connectivity index (χ0v) is 17.9. The Labute approximate surface area is 179 Å². The SMILES string of the molecule is NS(=O)(=NC(=O)Nc1c2c(nc3c1CCC3)CCC2)c1cnn2c1OCC1(COC1)C2. The maximum Gasteiger partial charge on any atom is 0.354 e. The second kappa shape index (κ2) is 6.75. The molecule has 11 heteroatoms. The van der Waals surface area contributed by atoms with Crippen molar-refractivity contribution < 1.29 is 18.5 Å². The van der Waals surface area contributed by atoms with Gasteiger partial charge in [-0.2, -0.15) is 5.10 Å². The van der Waals surface area contributed by atoms with Crippen molar-refractivity contribution in [3.8, 4) is 5.88 Å². The monoisotopic (exact) mass is 444 g/mol. The minimum absolute atomic E-state index is 0.0949. The molecule has 2 aliphatic heterocycles. The Bertz CT molecular complexity index is 1190. The maximum atomic E-state index is 13.2. The number of carbonyl (C=O) groups is 1. The Hall–Kier alpha value is -2.50. The molecule has 164 valence electrons. The second-order valence-electron chi connectivity index (χ2n) is 8.89. The van der Waals surface area contributed by atoms with Crippen molar-refractivity contribution in [3.63, 3.8) is 0 Å². The molecule has 1 spiro atoms. The van der Waals surface area contributed by atoms with E-state index in [1.54, 1.807) is 4.68 Å². The first-order valence-corrected chi connectivity index (χ1v) is 12.2. The molecular weight excluding hydrogens is 420 g/mol. The summed E-state index contributed by atoms with van der Waals surface area (Å²) in [5, 5.41) is 13.2. The van der Waals surface area contributed by atoms with Gasteiger partial charge in [0.15, 0.2) is 9.92 Å². The van der Waals surface area contributed by atoms with E-state index in [0.29, 0.717) is 32.2 Å². The Morgan fingerprint density at radius 3 is 2.52 bits per heavy atom. The maximum absolute atomic E-state index is 13.2. The molecule has 2 aromatic heterocycles. The van der Waals surface area contributed by atoms with Gasteiger partial charge in [0.1, 0.15) is 11.5 Å². The Balaban J connectivity index is 1.30. The van der Waals surface area contributed by atoms with E-state index in [4.69, 9.17) is 19.6 Å². The zero-order chi connectivity index (χ0) is 21.2. The molecule has 2 amide bonds. The van der Waals surface area contributed by atoms with Gasteiger partial charge < -0.3 is 14.8 Å². The second-order valence-corrected chi connectivity index (χ2v) is 10.6. The van der Waals surface area contributed by atoms with Gasteiger partial charge in [-0.15, -0.1) is 4.36 Å². The summed E-state index contributed by atoms with van der Waals surface area (Å²) in [4.78, 5) is 17.7. The molecule has 1 atom stereocenters. The number of anilines is 1. The predicted octanol–water partition coefficient (Wildman–Crippen LogP) is 1.60. The molecule has 2 aliphatic carbocycles. The number of aryl methyl sites for hydroxylation is 2. The fraction of sp³-hybridized carbons (Fsp3) is 0.550. The largest absolute Gasteiger partial charge is 0.476 e. The van der Waals surface area contributed by atoms with Crippen molar-refractivity contribution in [2.24, 2.45) is 14.9 Å². The van der Waals surface area contributed by atoms with Crippen molar-refractivity contribution in [2.45, 2.75) is 50.0 Å². The number of pyridine rings is 1. The number of fused-ring (bicyclic) bond motifs is 3. The molecule has 0 saturated carbocycles. The number of rotatable bonds is 2. The lowest BCUT2D eigenvalue weighted by Gasteiger charge is -2.43. The first kappa shape index (κ1) is 19.2. The molecule has 31 heavy (non-hydrogen) atoms. The highest BCUT2D eigenvalue weighted by atomic mass is 32.2.